The van der Waals surface area contributed by atoms with Gasteiger partial charge in [-0.25, -0.2) is 4.98 Å². The van der Waals surface area contributed by atoms with E-state index in [-0.39, 0.29) is 24.0 Å². The molecule has 2 rings (SSSR count). The number of aromatic nitrogens is 2. The molecular weight excluding hydrogens is 377 g/mol. The lowest BCUT2D eigenvalue weighted by Crippen LogP contribution is -2.33. The molecule has 0 aliphatic rings. The second-order valence-electron chi connectivity index (χ2n) is 5.33. The number of aliphatic imine (C=N–C) groups is 1. The first-order valence-corrected chi connectivity index (χ1v) is 7.10. The van der Waals surface area contributed by atoms with Gasteiger partial charge in [0.1, 0.15) is 0 Å². The molecule has 0 radical (unpaired) electrons. The number of hydrogen-bond donors (Lipinski definition) is 2. The van der Waals surface area contributed by atoms with E-state index in [1.165, 1.54) is 5.52 Å². The molecule has 0 unspecified atom stereocenters. The molecule has 2 aromatic rings. The maximum Gasteiger partial charge on any atom is 0.188 e. The number of imidazole rings is 1. The fraction of sp³-hybridized carbons (Fsp3) is 0.467. The van der Waals surface area contributed by atoms with Gasteiger partial charge in [0.15, 0.2) is 5.96 Å². The van der Waals surface area contributed by atoms with Crippen LogP contribution in [0.2, 0.25) is 0 Å². The van der Waals surface area contributed by atoms with Crippen LogP contribution in [0.1, 0.15) is 20.3 Å². The maximum atomic E-state index is 5.79. The van der Waals surface area contributed by atoms with Crippen LogP contribution in [-0.4, -0.2) is 28.6 Å². The number of para-hydroxylation sites is 2. The standard InChI is InChI=1S/C15H23N5.HI/c1-12(2)10-18-15(16)17-8-5-9-20-11-19-13-6-3-4-7-14(13)20;/h3-4,6-7,11-12H,5,8-10H2,1-2H3,(H3,16,17,18);1H. The van der Waals surface area contributed by atoms with Crippen LogP contribution in [0.25, 0.3) is 11.0 Å². The second-order valence-corrected chi connectivity index (χ2v) is 5.33. The fourth-order valence-electron chi connectivity index (χ4n) is 1.99. The van der Waals surface area contributed by atoms with Gasteiger partial charge in [-0.3, -0.25) is 4.99 Å². The molecule has 6 heteroatoms. The molecule has 0 saturated carbocycles. The Kier molecular flexibility index (Phi) is 7.49. The van der Waals surface area contributed by atoms with Crippen molar-refractivity contribution in [2.24, 2.45) is 16.6 Å². The molecule has 0 aliphatic carbocycles. The zero-order chi connectivity index (χ0) is 14.4. The van der Waals surface area contributed by atoms with Gasteiger partial charge in [-0.05, 0) is 24.5 Å². The van der Waals surface area contributed by atoms with E-state index in [0.29, 0.717) is 11.9 Å². The Morgan fingerprint density at radius 2 is 2.14 bits per heavy atom. The summed E-state index contributed by atoms with van der Waals surface area (Å²) < 4.78 is 2.17. The normalized spacial score (nSPS) is 11.7. The van der Waals surface area contributed by atoms with E-state index in [9.17, 15) is 0 Å². The number of rotatable bonds is 6. The Balaban J connectivity index is 0.00000220. The Morgan fingerprint density at radius 3 is 2.90 bits per heavy atom. The lowest BCUT2D eigenvalue weighted by Gasteiger charge is -2.07. The van der Waals surface area contributed by atoms with Crippen LogP contribution in [0, 0.1) is 5.92 Å². The van der Waals surface area contributed by atoms with Crippen molar-refractivity contribution >= 4 is 41.0 Å². The summed E-state index contributed by atoms with van der Waals surface area (Å²) in [5.41, 5.74) is 8.01. The van der Waals surface area contributed by atoms with Gasteiger partial charge in [0.05, 0.1) is 17.4 Å². The van der Waals surface area contributed by atoms with Gasteiger partial charge in [0, 0.05) is 19.6 Å². The average molecular weight is 401 g/mol. The van der Waals surface area contributed by atoms with Crippen LogP contribution in [0.15, 0.2) is 35.6 Å². The Morgan fingerprint density at radius 1 is 1.38 bits per heavy atom. The van der Waals surface area contributed by atoms with Crippen LogP contribution < -0.4 is 11.1 Å². The summed E-state index contributed by atoms with van der Waals surface area (Å²) in [6.45, 7) is 6.76. The first kappa shape index (κ1) is 17.7. The van der Waals surface area contributed by atoms with E-state index in [1.807, 2.05) is 24.5 Å². The lowest BCUT2D eigenvalue weighted by atomic mass is 10.2. The number of halogens is 1. The molecule has 0 aliphatic heterocycles. The van der Waals surface area contributed by atoms with E-state index >= 15 is 0 Å². The molecule has 1 aromatic carbocycles. The topological polar surface area (TPSA) is 68.2 Å². The summed E-state index contributed by atoms with van der Waals surface area (Å²) in [6, 6.07) is 8.16. The zero-order valence-electron chi connectivity index (χ0n) is 12.6. The molecule has 5 nitrogen and oxygen atoms in total. The second kappa shape index (κ2) is 8.86. The van der Waals surface area contributed by atoms with Crippen molar-refractivity contribution in [3.8, 4) is 0 Å². The van der Waals surface area contributed by atoms with Crippen molar-refractivity contribution < 1.29 is 0 Å². The van der Waals surface area contributed by atoms with E-state index in [0.717, 1.165) is 31.6 Å². The third-order valence-electron chi connectivity index (χ3n) is 3.04. The zero-order valence-corrected chi connectivity index (χ0v) is 15.0. The summed E-state index contributed by atoms with van der Waals surface area (Å²) in [7, 11) is 0. The molecule has 0 amide bonds. The highest BCUT2D eigenvalue weighted by Crippen LogP contribution is 2.11. The average Bonchev–Trinajstić information content (AvgIpc) is 2.85. The molecule has 21 heavy (non-hydrogen) atoms. The summed E-state index contributed by atoms with van der Waals surface area (Å²) >= 11 is 0. The van der Waals surface area contributed by atoms with Gasteiger partial charge in [-0.15, -0.1) is 24.0 Å². The number of aryl methyl sites for hydroxylation is 1. The molecular formula is C15H24IN5. The number of nitrogens with zero attached hydrogens (tertiary/aromatic N) is 3. The number of nitrogens with one attached hydrogen (secondary N) is 1. The molecule has 3 N–H and O–H groups in total. The molecule has 0 bridgehead atoms. The van der Waals surface area contributed by atoms with Crippen LogP contribution in [0.5, 0.6) is 0 Å². The van der Waals surface area contributed by atoms with E-state index in [1.54, 1.807) is 0 Å². The Bertz CT molecular complexity index is 576. The first-order valence-electron chi connectivity index (χ1n) is 7.10. The van der Waals surface area contributed by atoms with Gasteiger partial charge >= 0.3 is 0 Å². The first-order chi connectivity index (χ1) is 9.66. The smallest absolute Gasteiger partial charge is 0.188 e. The molecule has 1 heterocycles. The van der Waals surface area contributed by atoms with Gasteiger partial charge in [-0.2, -0.15) is 0 Å². The summed E-state index contributed by atoms with van der Waals surface area (Å²) in [6.07, 6.45) is 2.87. The SMILES string of the molecule is CC(C)CN=C(N)NCCCn1cnc2ccccc21.I. The van der Waals surface area contributed by atoms with Crippen molar-refractivity contribution in [3.05, 3.63) is 30.6 Å². The Hall–Kier alpha value is -1.31. The minimum absolute atomic E-state index is 0. The van der Waals surface area contributed by atoms with E-state index in [4.69, 9.17) is 5.73 Å². The molecule has 0 saturated heterocycles. The molecule has 116 valence electrons. The predicted molar refractivity (Wildman–Crippen MR) is 99.1 cm³/mol. The predicted octanol–water partition coefficient (Wildman–Crippen LogP) is 2.60. The highest BCUT2D eigenvalue weighted by atomic mass is 127. The molecule has 0 fully saturated rings. The van der Waals surface area contributed by atoms with Gasteiger partial charge in [0.2, 0.25) is 0 Å². The number of nitrogens with two attached hydrogens (primary N) is 1. The quantitative estimate of drug-likeness (QED) is 0.339. The highest BCUT2D eigenvalue weighted by molar-refractivity contribution is 14.0. The Labute approximate surface area is 143 Å². The fourth-order valence-corrected chi connectivity index (χ4v) is 1.99. The number of guanidine groups is 1. The third-order valence-corrected chi connectivity index (χ3v) is 3.04. The van der Waals surface area contributed by atoms with Crippen LogP contribution >= 0.6 is 24.0 Å². The number of benzene rings is 1. The summed E-state index contributed by atoms with van der Waals surface area (Å²) in [5.74, 6) is 1.07. The number of fused-ring (bicyclic) bond motifs is 1. The molecule has 0 spiro atoms. The van der Waals surface area contributed by atoms with Crippen molar-refractivity contribution in [3.63, 3.8) is 0 Å². The van der Waals surface area contributed by atoms with Crippen molar-refractivity contribution in [1.29, 1.82) is 0 Å². The van der Waals surface area contributed by atoms with Gasteiger partial charge in [-0.1, -0.05) is 26.0 Å². The molecule has 0 atom stereocenters. The van der Waals surface area contributed by atoms with Crippen LogP contribution in [0.4, 0.5) is 0 Å². The largest absolute Gasteiger partial charge is 0.370 e. The van der Waals surface area contributed by atoms with Crippen molar-refractivity contribution in [1.82, 2.24) is 14.9 Å². The third kappa shape index (κ3) is 5.53. The minimum Gasteiger partial charge on any atom is -0.370 e. The van der Waals surface area contributed by atoms with E-state index in [2.05, 4.69) is 39.8 Å². The van der Waals surface area contributed by atoms with Gasteiger partial charge < -0.3 is 15.6 Å². The van der Waals surface area contributed by atoms with Crippen LogP contribution in [-0.2, 0) is 6.54 Å². The molecule has 1 aromatic heterocycles. The maximum absolute atomic E-state index is 5.79. The van der Waals surface area contributed by atoms with Crippen LogP contribution in [0.3, 0.4) is 0 Å². The minimum atomic E-state index is 0. The van der Waals surface area contributed by atoms with E-state index < -0.39 is 0 Å². The van der Waals surface area contributed by atoms with Crippen molar-refractivity contribution in [2.75, 3.05) is 13.1 Å². The van der Waals surface area contributed by atoms with Gasteiger partial charge in [0.25, 0.3) is 0 Å². The summed E-state index contributed by atoms with van der Waals surface area (Å²) in [4.78, 5) is 8.65. The summed E-state index contributed by atoms with van der Waals surface area (Å²) in [5, 5.41) is 3.14. The monoisotopic (exact) mass is 401 g/mol. The highest BCUT2D eigenvalue weighted by Gasteiger charge is 2.00. The lowest BCUT2D eigenvalue weighted by molar-refractivity contribution is 0.635. The number of hydrogen-bond acceptors (Lipinski definition) is 2. The van der Waals surface area contributed by atoms with Crippen molar-refractivity contribution in [2.45, 2.75) is 26.8 Å².